The first kappa shape index (κ1) is 19.6. The predicted octanol–water partition coefficient (Wildman–Crippen LogP) is 3.71. The van der Waals surface area contributed by atoms with E-state index < -0.39 is 0 Å². The molecule has 6 nitrogen and oxygen atoms in total. The molecule has 0 spiro atoms. The zero-order valence-electron chi connectivity index (χ0n) is 17.2. The number of para-hydroxylation sites is 2. The van der Waals surface area contributed by atoms with Crippen LogP contribution in [0.3, 0.4) is 0 Å². The molecule has 0 amide bonds. The Morgan fingerprint density at radius 1 is 0.966 bits per heavy atom. The minimum absolute atomic E-state index is 0.704. The standard InChI is InChI=1S/C23H30N4O2/c1-2-28-23-8-4-3-7-22(23)26-16-14-25(15-17-26)12-5-6-18-29-21-10-13-27-20(19-21)9-11-24-27/h3-4,7-11,13,19H,2,5-6,12,14-18H2,1H3. The van der Waals surface area contributed by atoms with Crippen molar-refractivity contribution >= 4 is 11.2 Å². The van der Waals surface area contributed by atoms with Crippen molar-refractivity contribution < 1.29 is 9.47 Å². The average Bonchev–Trinajstić information content (AvgIpc) is 3.23. The molecule has 3 aromatic rings. The van der Waals surface area contributed by atoms with Crippen LogP contribution in [0.2, 0.25) is 0 Å². The van der Waals surface area contributed by atoms with Crippen LogP contribution < -0.4 is 14.4 Å². The highest BCUT2D eigenvalue weighted by Gasteiger charge is 2.19. The van der Waals surface area contributed by atoms with Gasteiger partial charge in [0.05, 0.1) is 24.4 Å². The van der Waals surface area contributed by atoms with E-state index in [-0.39, 0.29) is 0 Å². The van der Waals surface area contributed by atoms with E-state index >= 15 is 0 Å². The third-order valence-corrected chi connectivity index (χ3v) is 5.39. The van der Waals surface area contributed by atoms with Gasteiger partial charge in [0, 0.05) is 44.6 Å². The monoisotopic (exact) mass is 394 g/mol. The molecule has 1 aliphatic rings. The number of nitrogens with zero attached hydrogens (tertiary/aromatic N) is 4. The molecule has 0 unspecified atom stereocenters. The Bertz CT molecular complexity index is 903. The Morgan fingerprint density at radius 2 is 1.83 bits per heavy atom. The summed E-state index contributed by atoms with van der Waals surface area (Å²) in [7, 11) is 0. The van der Waals surface area contributed by atoms with E-state index in [0.29, 0.717) is 6.61 Å². The Kier molecular flexibility index (Phi) is 6.52. The number of hydrogen-bond donors (Lipinski definition) is 0. The molecule has 0 radical (unpaired) electrons. The number of aromatic nitrogens is 2. The third-order valence-electron chi connectivity index (χ3n) is 5.39. The van der Waals surface area contributed by atoms with Crippen LogP contribution in [0.15, 0.2) is 54.9 Å². The normalized spacial score (nSPS) is 15.0. The van der Waals surface area contributed by atoms with Crippen LogP contribution >= 0.6 is 0 Å². The van der Waals surface area contributed by atoms with Crippen molar-refractivity contribution in [3.63, 3.8) is 0 Å². The predicted molar refractivity (Wildman–Crippen MR) is 116 cm³/mol. The molecular formula is C23H30N4O2. The van der Waals surface area contributed by atoms with Gasteiger partial charge in [-0.3, -0.25) is 4.90 Å². The van der Waals surface area contributed by atoms with Crippen LogP contribution in [-0.2, 0) is 0 Å². The summed E-state index contributed by atoms with van der Waals surface area (Å²) in [5.41, 5.74) is 2.28. The lowest BCUT2D eigenvalue weighted by Gasteiger charge is -2.36. The van der Waals surface area contributed by atoms with Gasteiger partial charge in [-0.05, 0) is 50.6 Å². The maximum Gasteiger partial charge on any atom is 0.142 e. The summed E-state index contributed by atoms with van der Waals surface area (Å²) in [6, 6.07) is 14.4. The molecule has 3 heterocycles. The van der Waals surface area contributed by atoms with Gasteiger partial charge in [-0.1, -0.05) is 12.1 Å². The van der Waals surface area contributed by atoms with Crippen molar-refractivity contribution in [3.8, 4) is 11.5 Å². The van der Waals surface area contributed by atoms with Gasteiger partial charge in [0.1, 0.15) is 11.5 Å². The fraction of sp³-hybridized carbons (Fsp3) is 0.435. The lowest BCUT2D eigenvalue weighted by Crippen LogP contribution is -2.46. The van der Waals surface area contributed by atoms with E-state index in [0.717, 1.165) is 69.2 Å². The van der Waals surface area contributed by atoms with Crippen LogP contribution in [-0.4, -0.2) is 60.5 Å². The van der Waals surface area contributed by atoms with Crippen molar-refractivity contribution in [1.82, 2.24) is 14.5 Å². The SMILES string of the molecule is CCOc1ccccc1N1CCN(CCCCOc2ccn3nccc3c2)CC1. The summed E-state index contributed by atoms with van der Waals surface area (Å²) >= 11 is 0. The Balaban J connectivity index is 1.16. The quantitative estimate of drug-likeness (QED) is 0.518. The second-order valence-corrected chi connectivity index (χ2v) is 7.35. The molecule has 1 saturated heterocycles. The minimum atomic E-state index is 0.704. The first-order valence-corrected chi connectivity index (χ1v) is 10.6. The molecule has 4 rings (SSSR count). The van der Waals surface area contributed by atoms with Crippen LogP contribution in [0.25, 0.3) is 5.52 Å². The average molecular weight is 395 g/mol. The Morgan fingerprint density at radius 3 is 2.69 bits per heavy atom. The maximum absolute atomic E-state index is 5.90. The van der Waals surface area contributed by atoms with E-state index in [1.165, 1.54) is 5.69 Å². The lowest BCUT2D eigenvalue weighted by atomic mass is 10.2. The van der Waals surface area contributed by atoms with Gasteiger partial charge >= 0.3 is 0 Å². The second kappa shape index (κ2) is 9.65. The molecule has 0 bridgehead atoms. The Hall–Kier alpha value is -2.73. The zero-order valence-corrected chi connectivity index (χ0v) is 17.2. The summed E-state index contributed by atoms with van der Waals surface area (Å²) in [6.45, 7) is 8.91. The van der Waals surface area contributed by atoms with Crippen LogP contribution in [0, 0.1) is 0 Å². The summed E-state index contributed by atoms with van der Waals surface area (Å²) < 4.78 is 13.5. The molecule has 1 aromatic carbocycles. The summed E-state index contributed by atoms with van der Waals surface area (Å²) in [6.07, 6.45) is 5.96. The number of piperazine rings is 1. The zero-order chi connectivity index (χ0) is 19.9. The fourth-order valence-corrected chi connectivity index (χ4v) is 3.83. The molecule has 0 aliphatic carbocycles. The molecule has 29 heavy (non-hydrogen) atoms. The fourth-order valence-electron chi connectivity index (χ4n) is 3.83. The minimum Gasteiger partial charge on any atom is -0.493 e. The van der Waals surface area contributed by atoms with Gasteiger partial charge in [-0.15, -0.1) is 0 Å². The van der Waals surface area contributed by atoms with Gasteiger partial charge in [0.2, 0.25) is 0 Å². The van der Waals surface area contributed by atoms with Gasteiger partial charge in [0.25, 0.3) is 0 Å². The van der Waals surface area contributed by atoms with Gasteiger partial charge in [0.15, 0.2) is 0 Å². The number of hydrogen-bond acceptors (Lipinski definition) is 5. The number of anilines is 1. The lowest BCUT2D eigenvalue weighted by molar-refractivity contribution is 0.238. The van der Waals surface area contributed by atoms with E-state index in [9.17, 15) is 0 Å². The second-order valence-electron chi connectivity index (χ2n) is 7.35. The first-order chi connectivity index (χ1) is 14.3. The van der Waals surface area contributed by atoms with Crippen molar-refractivity contribution in [2.24, 2.45) is 0 Å². The molecular weight excluding hydrogens is 364 g/mol. The van der Waals surface area contributed by atoms with Crippen LogP contribution in [0.4, 0.5) is 5.69 Å². The number of benzene rings is 1. The molecule has 2 aromatic heterocycles. The van der Waals surface area contributed by atoms with E-state index in [2.05, 4.69) is 33.1 Å². The molecule has 1 fully saturated rings. The van der Waals surface area contributed by atoms with E-state index in [1.807, 2.05) is 41.9 Å². The highest BCUT2D eigenvalue weighted by molar-refractivity contribution is 5.58. The number of unbranched alkanes of at least 4 members (excludes halogenated alkanes) is 1. The maximum atomic E-state index is 5.90. The largest absolute Gasteiger partial charge is 0.493 e. The summed E-state index contributed by atoms with van der Waals surface area (Å²) in [4.78, 5) is 5.00. The number of rotatable bonds is 9. The van der Waals surface area contributed by atoms with Gasteiger partial charge in [-0.2, -0.15) is 5.10 Å². The smallest absolute Gasteiger partial charge is 0.142 e. The third kappa shape index (κ3) is 5.01. The topological polar surface area (TPSA) is 42.2 Å². The molecule has 0 atom stereocenters. The van der Waals surface area contributed by atoms with Crippen molar-refractivity contribution in [3.05, 3.63) is 54.9 Å². The highest BCUT2D eigenvalue weighted by atomic mass is 16.5. The molecule has 1 aliphatic heterocycles. The highest BCUT2D eigenvalue weighted by Crippen LogP contribution is 2.28. The number of ether oxygens (including phenoxy) is 2. The number of pyridine rings is 1. The first-order valence-electron chi connectivity index (χ1n) is 10.6. The summed E-state index contributed by atoms with van der Waals surface area (Å²) in [5.74, 6) is 1.91. The number of fused-ring (bicyclic) bond motifs is 1. The Labute approximate surface area is 172 Å². The molecule has 154 valence electrons. The van der Waals surface area contributed by atoms with Crippen molar-refractivity contribution in [1.29, 1.82) is 0 Å². The molecule has 6 heteroatoms. The van der Waals surface area contributed by atoms with E-state index in [1.54, 1.807) is 6.20 Å². The van der Waals surface area contributed by atoms with Gasteiger partial charge in [-0.25, -0.2) is 4.52 Å². The summed E-state index contributed by atoms with van der Waals surface area (Å²) in [5, 5.41) is 4.21. The van der Waals surface area contributed by atoms with Crippen molar-refractivity contribution in [2.75, 3.05) is 50.8 Å². The van der Waals surface area contributed by atoms with Crippen molar-refractivity contribution in [2.45, 2.75) is 19.8 Å². The molecule has 0 N–H and O–H groups in total. The molecule has 0 saturated carbocycles. The van der Waals surface area contributed by atoms with Gasteiger partial charge < -0.3 is 14.4 Å². The van der Waals surface area contributed by atoms with Crippen LogP contribution in [0.1, 0.15) is 19.8 Å². The van der Waals surface area contributed by atoms with E-state index in [4.69, 9.17) is 9.47 Å². The van der Waals surface area contributed by atoms with Crippen LogP contribution in [0.5, 0.6) is 11.5 Å².